The van der Waals surface area contributed by atoms with E-state index >= 15 is 0 Å². The highest BCUT2D eigenvalue weighted by Crippen LogP contribution is 2.27. The Bertz CT molecular complexity index is 748. The van der Waals surface area contributed by atoms with E-state index in [1.54, 1.807) is 0 Å². The first kappa shape index (κ1) is 10.1. The second-order valence-electron chi connectivity index (χ2n) is 4.33. The molecule has 0 heterocycles. The summed E-state index contributed by atoms with van der Waals surface area (Å²) in [5, 5.41) is 6.28. The van der Waals surface area contributed by atoms with E-state index in [0.717, 1.165) is 5.22 Å². The molecule has 0 nitrogen and oxygen atoms in total. The van der Waals surface area contributed by atoms with Crippen LogP contribution in [0.4, 0.5) is 0 Å². The SMILES string of the molecule is C=c1ccc2cccc3ccc(/C=C\C)c1c32. The maximum atomic E-state index is 4.16. The van der Waals surface area contributed by atoms with Crippen LogP contribution in [0.15, 0.2) is 48.5 Å². The zero-order valence-electron chi connectivity index (χ0n) is 9.90. The van der Waals surface area contributed by atoms with Crippen molar-refractivity contribution in [1.82, 2.24) is 0 Å². The Balaban J connectivity index is 2.65. The van der Waals surface area contributed by atoms with Crippen molar-refractivity contribution in [2.24, 2.45) is 0 Å². The van der Waals surface area contributed by atoms with Crippen LogP contribution in [-0.4, -0.2) is 0 Å². The fraction of sp³-hybridized carbons (Fsp3) is 0.0588. The number of allylic oxidation sites excluding steroid dienone is 1. The van der Waals surface area contributed by atoms with Gasteiger partial charge >= 0.3 is 0 Å². The molecule has 0 aliphatic rings. The average Bonchev–Trinajstić information content (AvgIpc) is 2.35. The lowest BCUT2D eigenvalue weighted by Gasteiger charge is -2.08. The third kappa shape index (κ3) is 1.45. The number of hydrogen-bond donors (Lipinski definition) is 0. The molecule has 0 radical (unpaired) electrons. The lowest BCUT2D eigenvalue weighted by molar-refractivity contribution is 1.67. The van der Waals surface area contributed by atoms with Crippen LogP contribution in [0.2, 0.25) is 0 Å². The zero-order chi connectivity index (χ0) is 11.8. The van der Waals surface area contributed by atoms with Crippen molar-refractivity contribution in [3.63, 3.8) is 0 Å². The Kier molecular flexibility index (Phi) is 2.22. The summed E-state index contributed by atoms with van der Waals surface area (Å²) in [5.41, 5.74) is 1.25. The molecule has 17 heavy (non-hydrogen) atoms. The van der Waals surface area contributed by atoms with E-state index in [1.807, 2.05) is 6.92 Å². The van der Waals surface area contributed by atoms with E-state index in [0.29, 0.717) is 0 Å². The fourth-order valence-electron chi connectivity index (χ4n) is 2.50. The Morgan fingerprint density at radius 2 is 1.59 bits per heavy atom. The average molecular weight is 218 g/mol. The summed E-state index contributed by atoms with van der Waals surface area (Å²) in [5.74, 6) is 0. The van der Waals surface area contributed by atoms with Gasteiger partial charge in [0.1, 0.15) is 0 Å². The first-order valence-electron chi connectivity index (χ1n) is 5.87. The molecule has 3 aromatic rings. The molecule has 0 amide bonds. The van der Waals surface area contributed by atoms with Crippen LogP contribution in [-0.2, 0) is 0 Å². The van der Waals surface area contributed by atoms with Crippen LogP contribution < -0.4 is 5.22 Å². The van der Waals surface area contributed by atoms with E-state index in [-0.39, 0.29) is 0 Å². The molecule has 0 heteroatoms. The summed E-state index contributed by atoms with van der Waals surface area (Å²) in [6.45, 7) is 6.21. The van der Waals surface area contributed by atoms with Gasteiger partial charge in [0.15, 0.2) is 0 Å². The van der Waals surface area contributed by atoms with Crippen LogP contribution >= 0.6 is 0 Å². The van der Waals surface area contributed by atoms with E-state index in [1.165, 1.54) is 27.1 Å². The normalized spacial score (nSPS) is 11.8. The third-order valence-electron chi connectivity index (χ3n) is 3.24. The fourth-order valence-corrected chi connectivity index (χ4v) is 2.50. The molecular formula is C17H14. The largest absolute Gasteiger partial charge is 0.0911 e. The molecule has 3 aromatic carbocycles. The van der Waals surface area contributed by atoms with Crippen LogP contribution in [0.1, 0.15) is 12.5 Å². The molecule has 0 aliphatic carbocycles. The van der Waals surface area contributed by atoms with Gasteiger partial charge in [-0.25, -0.2) is 0 Å². The van der Waals surface area contributed by atoms with Gasteiger partial charge in [-0.15, -0.1) is 0 Å². The van der Waals surface area contributed by atoms with Crippen LogP contribution in [0.3, 0.4) is 0 Å². The molecule has 0 aliphatic heterocycles. The highest BCUT2D eigenvalue weighted by Gasteiger charge is 2.05. The topological polar surface area (TPSA) is 0 Å². The van der Waals surface area contributed by atoms with Gasteiger partial charge < -0.3 is 0 Å². The molecule has 0 saturated carbocycles. The van der Waals surface area contributed by atoms with Crippen molar-refractivity contribution in [2.45, 2.75) is 6.92 Å². The lowest BCUT2D eigenvalue weighted by Crippen LogP contribution is -2.01. The predicted octanol–water partition coefficient (Wildman–Crippen LogP) is 4.16. The van der Waals surface area contributed by atoms with Crippen LogP contribution in [0.5, 0.6) is 0 Å². The van der Waals surface area contributed by atoms with Gasteiger partial charge in [-0.3, -0.25) is 0 Å². The van der Waals surface area contributed by atoms with E-state index in [2.05, 4.69) is 61.2 Å². The summed E-state index contributed by atoms with van der Waals surface area (Å²) in [4.78, 5) is 0. The molecule has 0 unspecified atom stereocenters. The molecule has 0 fully saturated rings. The minimum atomic E-state index is 1.10. The second kappa shape index (κ2) is 3.74. The molecule has 3 rings (SSSR count). The second-order valence-corrected chi connectivity index (χ2v) is 4.33. The molecule has 0 atom stereocenters. The minimum Gasteiger partial charge on any atom is -0.0911 e. The monoisotopic (exact) mass is 218 g/mol. The summed E-state index contributed by atoms with van der Waals surface area (Å²) in [6.07, 6.45) is 4.22. The molecule has 0 aromatic heterocycles. The lowest BCUT2D eigenvalue weighted by atomic mass is 9.95. The van der Waals surface area contributed by atoms with Gasteiger partial charge in [-0.2, -0.15) is 0 Å². The Labute approximate surface area is 101 Å². The van der Waals surface area contributed by atoms with Crippen molar-refractivity contribution in [1.29, 1.82) is 0 Å². The van der Waals surface area contributed by atoms with Gasteiger partial charge in [0.25, 0.3) is 0 Å². The van der Waals surface area contributed by atoms with E-state index in [4.69, 9.17) is 0 Å². The summed E-state index contributed by atoms with van der Waals surface area (Å²) < 4.78 is 0. The van der Waals surface area contributed by atoms with Crippen molar-refractivity contribution in [2.75, 3.05) is 0 Å². The standard InChI is InChI=1S/C17H14/c1-3-5-13-10-11-15-7-4-6-14-9-8-12(2)16(13)17(14)15/h3-11H,2H2,1H3/b5-3-. The molecule has 0 saturated heterocycles. The Hall–Kier alpha value is -2.08. The van der Waals surface area contributed by atoms with Crippen molar-refractivity contribution >= 4 is 34.2 Å². The zero-order valence-corrected chi connectivity index (χ0v) is 9.90. The summed E-state index contributed by atoms with van der Waals surface area (Å²) >= 11 is 0. The van der Waals surface area contributed by atoms with Crippen LogP contribution in [0, 0.1) is 0 Å². The smallest absolute Gasteiger partial charge is 0.00270 e. The minimum absolute atomic E-state index is 1.10. The van der Waals surface area contributed by atoms with Gasteiger partial charge in [-0.1, -0.05) is 61.2 Å². The van der Waals surface area contributed by atoms with Gasteiger partial charge in [0, 0.05) is 0 Å². The maximum Gasteiger partial charge on any atom is -0.00270 e. The van der Waals surface area contributed by atoms with Crippen LogP contribution in [0.25, 0.3) is 34.2 Å². The number of hydrogen-bond acceptors (Lipinski definition) is 0. The third-order valence-corrected chi connectivity index (χ3v) is 3.24. The van der Waals surface area contributed by atoms with Crippen molar-refractivity contribution < 1.29 is 0 Å². The quantitative estimate of drug-likeness (QED) is 0.575. The van der Waals surface area contributed by atoms with Gasteiger partial charge in [-0.05, 0) is 39.3 Å². The Morgan fingerprint density at radius 1 is 0.882 bits per heavy atom. The number of rotatable bonds is 1. The first-order valence-corrected chi connectivity index (χ1v) is 5.87. The number of benzene rings is 3. The predicted molar refractivity (Wildman–Crippen MR) is 76.9 cm³/mol. The maximum absolute atomic E-state index is 4.16. The highest BCUT2D eigenvalue weighted by molar-refractivity contribution is 6.12. The van der Waals surface area contributed by atoms with E-state index in [9.17, 15) is 0 Å². The molecule has 82 valence electrons. The molecule has 0 spiro atoms. The van der Waals surface area contributed by atoms with Crippen molar-refractivity contribution in [3.8, 4) is 0 Å². The van der Waals surface area contributed by atoms with Gasteiger partial charge in [0.2, 0.25) is 0 Å². The highest BCUT2D eigenvalue weighted by atomic mass is 14.1. The molecular weight excluding hydrogens is 204 g/mol. The first-order chi connectivity index (χ1) is 8.31. The Morgan fingerprint density at radius 3 is 2.29 bits per heavy atom. The molecule has 0 bridgehead atoms. The summed E-state index contributed by atoms with van der Waals surface area (Å²) in [6, 6.07) is 15.0. The summed E-state index contributed by atoms with van der Waals surface area (Å²) in [7, 11) is 0. The molecule has 0 N–H and O–H groups in total. The van der Waals surface area contributed by atoms with Gasteiger partial charge in [0.05, 0.1) is 0 Å². The van der Waals surface area contributed by atoms with Crippen molar-refractivity contribution in [3.05, 3.63) is 59.3 Å². The van der Waals surface area contributed by atoms with E-state index < -0.39 is 0 Å².